The monoisotopic (exact) mass is 343 g/mol. The van der Waals surface area contributed by atoms with Gasteiger partial charge in [0, 0.05) is 18.7 Å². The molecule has 0 bridgehead atoms. The van der Waals surface area contributed by atoms with Gasteiger partial charge in [0.25, 0.3) is 0 Å². The fourth-order valence-corrected chi connectivity index (χ4v) is 2.75. The highest BCUT2D eigenvalue weighted by molar-refractivity contribution is 5.99. The highest BCUT2D eigenvalue weighted by atomic mass is 19.1. The normalized spacial score (nSPS) is 16.8. The van der Waals surface area contributed by atoms with Crippen LogP contribution in [0.1, 0.15) is 12.0 Å². The number of nitrogens with zero attached hydrogens (tertiary/aromatic N) is 1. The summed E-state index contributed by atoms with van der Waals surface area (Å²) in [5.41, 5.74) is 1.58. The van der Waals surface area contributed by atoms with Gasteiger partial charge in [-0.15, -0.1) is 0 Å². The van der Waals surface area contributed by atoms with Gasteiger partial charge in [0.15, 0.2) is 0 Å². The van der Waals surface area contributed by atoms with Gasteiger partial charge >= 0.3 is 5.97 Å². The standard InChI is InChI=1S/C19H18FNO4/c1-24-19(23)14-10-18(22)21(11-14)16-6-8-17(9-7-16)25-12-13-2-4-15(20)5-3-13/h2-9,14H,10-12H2,1H3/t14-/m1/s1. The second-order valence-corrected chi connectivity index (χ2v) is 5.84. The minimum Gasteiger partial charge on any atom is -0.489 e. The first-order valence-corrected chi connectivity index (χ1v) is 7.92. The molecule has 0 radical (unpaired) electrons. The third-order valence-electron chi connectivity index (χ3n) is 4.13. The number of hydrogen-bond acceptors (Lipinski definition) is 4. The Balaban J connectivity index is 1.61. The van der Waals surface area contributed by atoms with Crippen molar-refractivity contribution in [1.29, 1.82) is 0 Å². The van der Waals surface area contributed by atoms with E-state index in [1.54, 1.807) is 41.3 Å². The molecule has 0 aliphatic carbocycles. The summed E-state index contributed by atoms with van der Waals surface area (Å²) in [6.07, 6.45) is 0.162. The van der Waals surface area contributed by atoms with Crippen LogP contribution in [0.3, 0.4) is 0 Å². The molecule has 1 aliphatic rings. The fraction of sp³-hybridized carbons (Fsp3) is 0.263. The molecule has 2 aromatic rings. The van der Waals surface area contributed by atoms with Crippen LogP contribution in [0.4, 0.5) is 10.1 Å². The Morgan fingerprint density at radius 3 is 2.48 bits per heavy atom. The van der Waals surface area contributed by atoms with Crippen molar-refractivity contribution in [3.8, 4) is 5.75 Å². The summed E-state index contributed by atoms with van der Waals surface area (Å²) in [6.45, 7) is 0.647. The van der Waals surface area contributed by atoms with Gasteiger partial charge in [-0.1, -0.05) is 12.1 Å². The summed E-state index contributed by atoms with van der Waals surface area (Å²) in [6, 6.07) is 13.2. The molecular formula is C19H18FNO4. The van der Waals surface area contributed by atoms with Crippen molar-refractivity contribution >= 4 is 17.6 Å². The van der Waals surface area contributed by atoms with Crippen molar-refractivity contribution in [1.82, 2.24) is 0 Å². The number of methoxy groups -OCH3 is 1. The number of rotatable bonds is 5. The third-order valence-corrected chi connectivity index (χ3v) is 4.13. The molecule has 3 rings (SSSR count). The Morgan fingerprint density at radius 2 is 1.84 bits per heavy atom. The number of anilines is 1. The number of carbonyl (C=O) groups excluding carboxylic acids is 2. The zero-order chi connectivity index (χ0) is 17.8. The molecule has 1 heterocycles. The first-order chi connectivity index (χ1) is 12.1. The van der Waals surface area contributed by atoms with E-state index in [2.05, 4.69) is 0 Å². The molecule has 25 heavy (non-hydrogen) atoms. The molecule has 130 valence electrons. The maximum Gasteiger partial charge on any atom is 0.311 e. The Labute approximate surface area is 145 Å². The van der Waals surface area contributed by atoms with E-state index < -0.39 is 5.92 Å². The van der Waals surface area contributed by atoms with Gasteiger partial charge in [-0.2, -0.15) is 0 Å². The van der Waals surface area contributed by atoms with Crippen molar-refractivity contribution in [3.63, 3.8) is 0 Å². The zero-order valence-electron chi connectivity index (χ0n) is 13.8. The summed E-state index contributed by atoms with van der Waals surface area (Å²) in [5.74, 6) is -0.532. The summed E-state index contributed by atoms with van der Waals surface area (Å²) >= 11 is 0. The van der Waals surface area contributed by atoms with Gasteiger partial charge in [-0.05, 0) is 42.0 Å². The SMILES string of the molecule is COC(=O)[C@@H]1CC(=O)N(c2ccc(OCc3ccc(F)cc3)cc2)C1. The summed E-state index contributed by atoms with van der Waals surface area (Å²) in [4.78, 5) is 25.2. The summed E-state index contributed by atoms with van der Waals surface area (Å²) < 4.78 is 23.2. The molecule has 1 amide bonds. The number of esters is 1. The van der Waals surface area contributed by atoms with E-state index >= 15 is 0 Å². The van der Waals surface area contributed by atoms with E-state index in [-0.39, 0.29) is 24.1 Å². The molecule has 1 aliphatic heterocycles. The number of ether oxygens (including phenoxy) is 2. The highest BCUT2D eigenvalue weighted by Crippen LogP contribution is 2.27. The number of halogens is 1. The molecule has 0 N–H and O–H groups in total. The Bertz CT molecular complexity index is 758. The summed E-state index contributed by atoms with van der Waals surface area (Å²) in [7, 11) is 1.32. The molecule has 1 fully saturated rings. The topological polar surface area (TPSA) is 55.8 Å². The predicted octanol–water partition coefficient (Wildman–Crippen LogP) is 2.93. The quantitative estimate of drug-likeness (QED) is 0.784. The molecule has 0 unspecified atom stereocenters. The Kier molecular flexibility index (Phi) is 4.97. The lowest BCUT2D eigenvalue weighted by atomic mass is 10.1. The maximum absolute atomic E-state index is 12.9. The third kappa shape index (κ3) is 3.96. The van der Waals surface area contributed by atoms with Crippen LogP contribution in [0, 0.1) is 11.7 Å². The maximum atomic E-state index is 12.9. The van der Waals surface area contributed by atoms with E-state index in [9.17, 15) is 14.0 Å². The van der Waals surface area contributed by atoms with Gasteiger partial charge in [0.05, 0.1) is 13.0 Å². The van der Waals surface area contributed by atoms with Crippen LogP contribution in [0.15, 0.2) is 48.5 Å². The largest absolute Gasteiger partial charge is 0.489 e. The minimum absolute atomic E-state index is 0.101. The Morgan fingerprint density at radius 1 is 1.16 bits per heavy atom. The van der Waals surface area contributed by atoms with Crippen molar-refractivity contribution < 1.29 is 23.5 Å². The molecule has 0 saturated carbocycles. The second-order valence-electron chi connectivity index (χ2n) is 5.84. The van der Waals surface area contributed by atoms with Gasteiger partial charge in [0.2, 0.25) is 5.91 Å². The number of carbonyl (C=O) groups is 2. The first-order valence-electron chi connectivity index (χ1n) is 7.92. The molecule has 5 nitrogen and oxygen atoms in total. The van der Waals surface area contributed by atoms with Crippen molar-refractivity contribution in [2.45, 2.75) is 13.0 Å². The van der Waals surface area contributed by atoms with Crippen LogP contribution in [0.5, 0.6) is 5.75 Å². The van der Waals surface area contributed by atoms with E-state index in [1.165, 1.54) is 19.2 Å². The van der Waals surface area contributed by atoms with Gasteiger partial charge in [-0.25, -0.2) is 4.39 Å². The number of amides is 1. The molecule has 1 atom stereocenters. The lowest BCUT2D eigenvalue weighted by Gasteiger charge is -2.17. The average Bonchev–Trinajstić information content (AvgIpc) is 3.03. The molecule has 1 saturated heterocycles. The van der Waals surface area contributed by atoms with Crippen molar-refractivity contribution in [3.05, 3.63) is 59.9 Å². The highest BCUT2D eigenvalue weighted by Gasteiger charge is 2.35. The van der Waals surface area contributed by atoms with Crippen LogP contribution >= 0.6 is 0 Å². The van der Waals surface area contributed by atoms with Gasteiger partial charge < -0.3 is 14.4 Å². The van der Waals surface area contributed by atoms with Crippen molar-refractivity contribution in [2.75, 3.05) is 18.6 Å². The van der Waals surface area contributed by atoms with Crippen LogP contribution in [-0.4, -0.2) is 25.5 Å². The van der Waals surface area contributed by atoms with Crippen LogP contribution in [0.2, 0.25) is 0 Å². The molecule has 0 spiro atoms. The van der Waals surface area contributed by atoms with E-state index in [4.69, 9.17) is 9.47 Å². The first kappa shape index (κ1) is 17.0. The molecule has 0 aromatic heterocycles. The Hall–Kier alpha value is -2.89. The van der Waals surface area contributed by atoms with Gasteiger partial charge in [0.1, 0.15) is 18.2 Å². The lowest BCUT2D eigenvalue weighted by molar-refractivity contribution is -0.145. The summed E-state index contributed by atoms with van der Waals surface area (Å²) in [5, 5.41) is 0. The van der Waals surface area contributed by atoms with E-state index in [0.29, 0.717) is 24.6 Å². The van der Waals surface area contributed by atoms with Crippen LogP contribution in [0.25, 0.3) is 0 Å². The van der Waals surface area contributed by atoms with Gasteiger partial charge in [-0.3, -0.25) is 9.59 Å². The van der Waals surface area contributed by atoms with Crippen LogP contribution in [-0.2, 0) is 20.9 Å². The molecule has 6 heteroatoms. The molecular weight excluding hydrogens is 325 g/mol. The molecule has 2 aromatic carbocycles. The number of hydrogen-bond donors (Lipinski definition) is 0. The smallest absolute Gasteiger partial charge is 0.311 e. The fourth-order valence-electron chi connectivity index (χ4n) is 2.75. The lowest BCUT2D eigenvalue weighted by Crippen LogP contribution is -2.26. The second kappa shape index (κ2) is 7.34. The number of benzene rings is 2. The van der Waals surface area contributed by atoms with E-state index in [0.717, 1.165) is 5.56 Å². The predicted molar refractivity (Wildman–Crippen MR) is 89.7 cm³/mol. The minimum atomic E-state index is -0.424. The van der Waals surface area contributed by atoms with E-state index in [1.807, 2.05) is 0 Å². The zero-order valence-corrected chi connectivity index (χ0v) is 13.8. The average molecular weight is 343 g/mol. The van der Waals surface area contributed by atoms with Crippen molar-refractivity contribution in [2.24, 2.45) is 5.92 Å². The van der Waals surface area contributed by atoms with Crippen LogP contribution < -0.4 is 9.64 Å².